The molecule has 1 heterocycles. The maximum Gasteiger partial charge on any atom is 0.251 e. The molecule has 1 amide bonds. The number of carbonyl (C=O) groups excluding carboxylic acids is 1. The van der Waals surface area contributed by atoms with Crippen LogP contribution in [-0.4, -0.2) is 28.6 Å². The van der Waals surface area contributed by atoms with Crippen LogP contribution < -0.4 is 5.32 Å². The summed E-state index contributed by atoms with van der Waals surface area (Å²) in [5.41, 5.74) is 3.16. The molecule has 0 saturated heterocycles. The van der Waals surface area contributed by atoms with Crippen LogP contribution in [0.1, 0.15) is 17.3 Å². The third kappa shape index (κ3) is 3.10. The number of amides is 1. The third-order valence-electron chi connectivity index (χ3n) is 3.75. The van der Waals surface area contributed by atoms with Gasteiger partial charge in [-0.1, -0.05) is 12.1 Å². The number of carbonyl (C=O) groups is 1. The molecular formula is C18H17FN2O2. The molecule has 3 aromatic rings. The van der Waals surface area contributed by atoms with E-state index in [1.54, 1.807) is 25.1 Å². The summed E-state index contributed by atoms with van der Waals surface area (Å²) in [6, 6.07) is 11.4. The van der Waals surface area contributed by atoms with Gasteiger partial charge in [0.15, 0.2) is 0 Å². The maximum atomic E-state index is 13.4. The van der Waals surface area contributed by atoms with Crippen LogP contribution in [0.4, 0.5) is 4.39 Å². The highest BCUT2D eigenvalue weighted by atomic mass is 19.1. The maximum absolute atomic E-state index is 13.4. The fourth-order valence-corrected chi connectivity index (χ4v) is 2.49. The number of rotatable bonds is 4. The average Bonchev–Trinajstić information content (AvgIpc) is 2.97. The van der Waals surface area contributed by atoms with Gasteiger partial charge in [-0.3, -0.25) is 4.79 Å². The molecule has 1 aromatic heterocycles. The standard InChI is InChI=1S/C18H17FN2O2/c1-11(10-22)21-18(23)13-4-2-12(3-5-13)16-9-20-17-7-6-14(19)8-15(16)17/h2-9,11,20,22H,10H2,1H3,(H,21,23)/t11-/m0/s1. The lowest BCUT2D eigenvalue weighted by molar-refractivity contribution is 0.0922. The second kappa shape index (κ2) is 6.22. The van der Waals surface area contributed by atoms with Crippen molar-refractivity contribution >= 4 is 16.8 Å². The smallest absolute Gasteiger partial charge is 0.251 e. The normalized spacial score (nSPS) is 12.3. The molecule has 0 radical (unpaired) electrons. The fourth-order valence-electron chi connectivity index (χ4n) is 2.49. The fraction of sp³-hybridized carbons (Fsp3) is 0.167. The summed E-state index contributed by atoms with van der Waals surface area (Å²) >= 11 is 0. The van der Waals surface area contributed by atoms with Crippen LogP contribution >= 0.6 is 0 Å². The second-order valence-electron chi connectivity index (χ2n) is 5.53. The molecule has 0 unspecified atom stereocenters. The number of aromatic amines is 1. The van der Waals surface area contributed by atoms with Gasteiger partial charge in [0.1, 0.15) is 5.82 Å². The zero-order valence-electron chi connectivity index (χ0n) is 12.6. The highest BCUT2D eigenvalue weighted by Gasteiger charge is 2.11. The van der Waals surface area contributed by atoms with E-state index in [0.717, 1.165) is 22.0 Å². The van der Waals surface area contributed by atoms with Gasteiger partial charge in [-0.15, -0.1) is 0 Å². The summed E-state index contributed by atoms with van der Waals surface area (Å²) in [5.74, 6) is -0.518. The quantitative estimate of drug-likeness (QED) is 0.693. The van der Waals surface area contributed by atoms with Crippen molar-refractivity contribution in [3.63, 3.8) is 0 Å². The Balaban J connectivity index is 1.89. The van der Waals surface area contributed by atoms with Crippen LogP contribution in [0.3, 0.4) is 0 Å². The number of hydrogen-bond donors (Lipinski definition) is 3. The molecule has 0 bridgehead atoms. The van der Waals surface area contributed by atoms with Gasteiger partial charge >= 0.3 is 0 Å². The van der Waals surface area contributed by atoms with E-state index >= 15 is 0 Å². The number of aliphatic hydroxyl groups excluding tert-OH is 1. The lowest BCUT2D eigenvalue weighted by Gasteiger charge is -2.11. The van der Waals surface area contributed by atoms with Crippen molar-refractivity contribution in [2.75, 3.05) is 6.61 Å². The molecule has 5 heteroatoms. The summed E-state index contributed by atoms with van der Waals surface area (Å²) in [6.07, 6.45) is 1.83. The molecule has 118 valence electrons. The van der Waals surface area contributed by atoms with Crippen molar-refractivity contribution in [2.45, 2.75) is 13.0 Å². The van der Waals surface area contributed by atoms with Gasteiger partial charge in [0.05, 0.1) is 6.61 Å². The van der Waals surface area contributed by atoms with Gasteiger partial charge in [0, 0.05) is 34.3 Å². The predicted octanol–water partition coefficient (Wildman–Crippen LogP) is 3.08. The molecule has 23 heavy (non-hydrogen) atoms. The van der Waals surface area contributed by atoms with Crippen LogP contribution in [-0.2, 0) is 0 Å². The van der Waals surface area contributed by atoms with E-state index in [2.05, 4.69) is 10.3 Å². The first-order valence-electron chi connectivity index (χ1n) is 7.37. The van der Waals surface area contributed by atoms with Crippen LogP contribution in [0.2, 0.25) is 0 Å². The molecule has 0 saturated carbocycles. The Morgan fingerprint density at radius 1 is 1.26 bits per heavy atom. The molecule has 2 aromatic carbocycles. The van der Waals surface area contributed by atoms with E-state index in [1.165, 1.54) is 12.1 Å². The van der Waals surface area contributed by atoms with Crippen LogP contribution in [0, 0.1) is 5.82 Å². The first kappa shape index (κ1) is 15.2. The zero-order chi connectivity index (χ0) is 16.4. The van der Waals surface area contributed by atoms with Crippen molar-refractivity contribution in [2.24, 2.45) is 0 Å². The highest BCUT2D eigenvalue weighted by Crippen LogP contribution is 2.29. The summed E-state index contributed by atoms with van der Waals surface area (Å²) in [5, 5.41) is 12.5. The number of nitrogens with one attached hydrogen (secondary N) is 2. The molecule has 0 aliphatic carbocycles. The average molecular weight is 312 g/mol. The minimum absolute atomic E-state index is 0.106. The number of aliphatic hydroxyl groups is 1. The van der Waals surface area contributed by atoms with Gasteiger partial charge in [-0.05, 0) is 42.8 Å². The molecule has 3 rings (SSSR count). The number of H-pyrrole nitrogens is 1. The SMILES string of the molecule is C[C@@H](CO)NC(=O)c1ccc(-c2c[nH]c3ccc(F)cc23)cc1. The zero-order valence-corrected chi connectivity index (χ0v) is 12.6. The number of hydrogen-bond acceptors (Lipinski definition) is 2. The molecule has 3 N–H and O–H groups in total. The number of fused-ring (bicyclic) bond motifs is 1. The Morgan fingerprint density at radius 3 is 2.70 bits per heavy atom. The van der Waals surface area contributed by atoms with Gasteiger partial charge in [0.25, 0.3) is 5.91 Å². The minimum atomic E-state index is -0.293. The van der Waals surface area contributed by atoms with Crippen molar-refractivity contribution in [3.05, 3.63) is 60.0 Å². The van der Waals surface area contributed by atoms with E-state index < -0.39 is 0 Å². The highest BCUT2D eigenvalue weighted by molar-refractivity contribution is 5.97. The lowest BCUT2D eigenvalue weighted by atomic mass is 10.0. The Bertz CT molecular complexity index is 840. The Hall–Kier alpha value is -2.66. The van der Waals surface area contributed by atoms with Crippen molar-refractivity contribution in [1.29, 1.82) is 0 Å². The summed E-state index contributed by atoms with van der Waals surface area (Å²) in [4.78, 5) is 15.1. The van der Waals surface area contributed by atoms with E-state index in [-0.39, 0.29) is 24.4 Å². The summed E-state index contributed by atoms with van der Waals surface area (Å²) in [7, 11) is 0. The van der Waals surface area contributed by atoms with Gasteiger partial charge in [-0.2, -0.15) is 0 Å². The molecular weight excluding hydrogens is 295 g/mol. The van der Waals surface area contributed by atoms with E-state index in [0.29, 0.717) is 5.56 Å². The van der Waals surface area contributed by atoms with Crippen molar-refractivity contribution in [1.82, 2.24) is 10.3 Å². The van der Waals surface area contributed by atoms with Crippen molar-refractivity contribution in [3.8, 4) is 11.1 Å². The Morgan fingerprint density at radius 2 is 2.00 bits per heavy atom. The summed E-state index contributed by atoms with van der Waals surface area (Å²) < 4.78 is 13.4. The van der Waals surface area contributed by atoms with Gasteiger partial charge < -0.3 is 15.4 Å². The van der Waals surface area contributed by atoms with Gasteiger partial charge in [0.2, 0.25) is 0 Å². The Labute approximate surface area is 133 Å². The molecule has 0 spiro atoms. The number of benzene rings is 2. The van der Waals surface area contributed by atoms with E-state index in [4.69, 9.17) is 5.11 Å². The van der Waals surface area contributed by atoms with Crippen LogP contribution in [0.15, 0.2) is 48.7 Å². The van der Waals surface area contributed by atoms with Gasteiger partial charge in [-0.25, -0.2) is 4.39 Å². The molecule has 0 fully saturated rings. The lowest BCUT2D eigenvalue weighted by Crippen LogP contribution is -2.34. The van der Waals surface area contributed by atoms with E-state index in [1.807, 2.05) is 18.3 Å². The van der Waals surface area contributed by atoms with E-state index in [9.17, 15) is 9.18 Å². The first-order chi connectivity index (χ1) is 11.1. The third-order valence-corrected chi connectivity index (χ3v) is 3.75. The molecule has 0 aliphatic rings. The Kier molecular flexibility index (Phi) is 4.12. The molecule has 4 nitrogen and oxygen atoms in total. The minimum Gasteiger partial charge on any atom is -0.394 e. The monoisotopic (exact) mass is 312 g/mol. The molecule has 1 atom stereocenters. The van der Waals surface area contributed by atoms with Crippen LogP contribution in [0.25, 0.3) is 22.0 Å². The topological polar surface area (TPSA) is 65.1 Å². The first-order valence-corrected chi connectivity index (χ1v) is 7.37. The van der Waals surface area contributed by atoms with Crippen LogP contribution in [0.5, 0.6) is 0 Å². The second-order valence-corrected chi connectivity index (χ2v) is 5.53. The predicted molar refractivity (Wildman–Crippen MR) is 87.7 cm³/mol. The summed E-state index contributed by atoms with van der Waals surface area (Å²) in [6.45, 7) is 1.62. The number of aromatic nitrogens is 1. The largest absolute Gasteiger partial charge is 0.394 e. The molecule has 0 aliphatic heterocycles. The van der Waals surface area contributed by atoms with Crippen molar-refractivity contribution < 1.29 is 14.3 Å². The number of halogens is 1.